The van der Waals surface area contributed by atoms with Gasteiger partial charge in [0, 0.05) is 24.8 Å². The summed E-state index contributed by atoms with van der Waals surface area (Å²) in [5.74, 6) is -1.98. The smallest absolute Gasteiger partial charge is 0.478 e. The van der Waals surface area contributed by atoms with Gasteiger partial charge in [-0.1, -0.05) is 0 Å². The minimum absolute atomic E-state index is 0.266. The lowest BCUT2D eigenvalue weighted by atomic mass is 10.1. The number of alkyl halides is 3. The highest BCUT2D eigenvalue weighted by molar-refractivity contribution is 5.89. The molecule has 7 nitrogen and oxygen atoms in total. The van der Waals surface area contributed by atoms with Crippen LogP contribution >= 0.6 is 0 Å². The molecular formula is C17H21F3N2O5. The third-order valence-corrected chi connectivity index (χ3v) is 3.65. The van der Waals surface area contributed by atoms with Crippen LogP contribution in [-0.4, -0.2) is 48.3 Å². The van der Waals surface area contributed by atoms with Gasteiger partial charge in [0.15, 0.2) is 0 Å². The molecule has 0 saturated carbocycles. The molecule has 1 amide bonds. The average molecular weight is 390 g/mol. The quantitative estimate of drug-likeness (QED) is 0.820. The Hall–Kier alpha value is -2.65. The van der Waals surface area contributed by atoms with E-state index in [1.165, 1.54) is 6.07 Å². The van der Waals surface area contributed by atoms with Crippen molar-refractivity contribution in [2.24, 2.45) is 0 Å². The van der Waals surface area contributed by atoms with Crippen LogP contribution in [0.5, 0.6) is 5.75 Å². The number of hydrogen-bond acceptors (Lipinski definition) is 5. The van der Waals surface area contributed by atoms with Crippen LogP contribution in [0.3, 0.4) is 0 Å². The number of ether oxygens (including phenoxy) is 2. The number of halogens is 3. The summed E-state index contributed by atoms with van der Waals surface area (Å²) in [4.78, 5) is 24.7. The van der Waals surface area contributed by atoms with Crippen LogP contribution in [0.2, 0.25) is 0 Å². The molecule has 1 aromatic rings. The van der Waals surface area contributed by atoms with Crippen molar-refractivity contribution < 1.29 is 37.3 Å². The zero-order valence-corrected chi connectivity index (χ0v) is 15.1. The second-order valence-corrected chi connectivity index (χ2v) is 7.15. The highest BCUT2D eigenvalue weighted by Gasteiger charge is 2.32. The van der Waals surface area contributed by atoms with Crippen molar-refractivity contribution in [3.63, 3.8) is 0 Å². The number of aromatic carboxylic acids is 1. The largest absolute Gasteiger partial charge is 0.573 e. The summed E-state index contributed by atoms with van der Waals surface area (Å²) in [7, 11) is 0. The summed E-state index contributed by atoms with van der Waals surface area (Å²) < 4.78 is 46.5. The fourth-order valence-corrected chi connectivity index (χ4v) is 2.67. The molecule has 1 heterocycles. The van der Waals surface area contributed by atoms with E-state index in [-0.39, 0.29) is 17.3 Å². The van der Waals surface area contributed by atoms with Crippen LogP contribution in [0, 0.1) is 0 Å². The fraction of sp³-hybridized carbons (Fsp3) is 0.529. The molecule has 1 atom stereocenters. The zero-order chi connectivity index (χ0) is 20.4. The molecule has 0 spiro atoms. The van der Waals surface area contributed by atoms with E-state index in [2.05, 4.69) is 10.1 Å². The summed E-state index contributed by atoms with van der Waals surface area (Å²) in [5, 5.41) is 11.8. The van der Waals surface area contributed by atoms with Crippen LogP contribution < -0.4 is 15.0 Å². The maximum atomic E-state index is 12.5. The molecule has 1 saturated heterocycles. The first-order chi connectivity index (χ1) is 12.3. The standard InChI is InChI=1S/C17H21F3N2O5/c1-16(2,3)27-15(25)21-11-4-5-22(9-11)12-6-10(14(23)24)7-13(8-12)26-17(18,19)20/h6-8,11H,4-5,9H2,1-3H3,(H,21,25)(H,23,24). The topological polar surface area (TPSA) is 88.1 Å². The summed E-state index contributed by atoms with van der Waals surface area (Å²) in [6, 6.07) is 2.92. The average Bonchev–Trinajstić information content (AvgIpc) is 2.91. The molecule has 1 aliphatic heterocycles. The summed E-state index contributed by atoms with van der Waals surface area (Å²) >= 11 is 0. The number of benzene rings is 1. The highest BCUT2D eigenvalue weighted by Crippen LogP contribution is 2.30. The lowest BCUT2D eigenvalue weighted by Crippen LogP contribution is -2.40. The van der Waals surface area contributed by atoms with Gasteiger partial charge in [0.1, 0.15) is 11.4 Å². The van der Waals surface area contributed by atoms with Crippen LogP contribution in [0.25, 0.3) is 0 Å². The first-order valence-corrected chi connectivity index (χ1v) is 8.21. The summed E-state index contributed by atoms with van der Waals surface area (Å²) in [6.45, 7) is 5.91. The Labute approximate surface area is 154 Å². The van der Waals surface area contributed by atoms with Crippen molar-refractivity contribution in [1.82, 2.24) is 5.32 Å². The summed E-state index contributed by atoms with van der Waals surface area (Å²) in [5.41, 5.74) is -0.708. The molecule has 2 rings (SSSR count). The number of carboxylic acids is 1. The van der Waals surface area contributed by atoms with E-state index in [9.17, 15) is 22.8 Å². The molecule has 27 heavy (non-hydrogen) atoms. The molecule has 150 valence electrons. The number of carbonyl (C=O) groups is 2. The van der Waals surface area contributed by atoms with Crippen LogP contribution in [0.1, 0.15) is 37.6 Å². The Morgan fingerprint density at radius 3 is 2.44 bits per heavy atom. The van der Waals surface area contributed by atoms with E-state index in [1.807, 2.05) is 0 Å². The fourth-order valence-electron chi connectivity index (χ4n) is 2.67. The van der Waals surface area contributed by atoms with Crippen molar-refractivity contribution >= 4 is 17.7 Å². The normalized spacial score (nSPS) is 17.6. The summed E-state index contributed by atoms with van der Waals surface area (Å²) in [6.07, 6.45) is -4.98. The number of hydrogen-bond donors (Lipinski definition) is 2. The van der Waals surface area contributed by atoms with Crippen LogP contribution in [0.15, 0.2) is 18.2 Å². The van der Waals surface area contributed by atoms with Gasteiger partial charge in [-0.25, -0.2) is 9.59 Å². The predicted octanol–water partition coefficient (Wildman–Crippen LogP) is 3.39. The van der Waals surface area contributed by atoms with Gasteiger partial charge in [-0.15, -0.1) is 13.2 Å². The molecule has 10 heteroatoms. The second-order valence-electron chi connectivity index (χ2n) is 7.15. The van der Waals surface area contributed by atoms with Crippen molar-refractivity contribution in [3.8, 4) is 5.75 Å². The van der Waals surface area contributed by atoms with E-state index in [0.717, 1.165) is 12.1 Å². The molecule has 0 aromatic heterocycles. The lowest BCUT2D eigenvalue weighted by molar-refractivity contribution is -0.274. The van der Waals surface area contributed by atoms with Crippen molar-refractivity contribution in [1.29, 1.82) is 0 Å². The molecule has 1 unspecified atom stereocenters. The Bertz CT molecular complexity index is 716. The lowest BCUT2D eigenvalue weighted by Gasteiger charge is -2.23. The monoisotopic (exact) mass is 390 g/mol. The number of alkyl carbamates (subject to hydrolysis) is 1. The molecule has 1 fully saturated rings. The number of amides is 1. The van der Waals surface area contributed by atoms with E-state index in [4.69, 9.17) is 9.84 Å². The maximum absolute atomic E-state index is 12.5. The molecule has 2 N–H and O–H groups in total. The number of nitrogens with zero attached hydrogens (tertiary/aromatic N) is 1. The first kappa shape index (κ1) is 20.7. The van der Waals surface area contributed by atoms with Gasteiger partial charge in [-0.05, 0) is 39.3 Å². The second kappa shape index (κ2) is 7.53. The SMILES string of the molecule is CC(C)(C)OC(=O)NC1CCN(c2cc(OC(F)(F)F)cc(C(=O)O)c2)C1. The molecular weight excluding hydrogens is 369 g/mol. The Balaban J connectivity index is 2.11. The number of rotatable bonds is 4. The maximum Gasteiger partial charge on any atom is 0.573 e. The Kier molecular flexibility index (Phi) is 5.76. The Morgan fingerprint density at radius 1 is 1.22 bits per heavy atom. The predicted molar refractivity (Wildman–Crippen MR) is 90.1 cm³/mol. The number of nitrogens with one attached hydrogen (secondary N) is 1. The van der Waals surface area contributed by atoms with Crippen molar-refractivity contribution in [3.05, 3.63) is 23.8 Å². The van der Waals surface area contributed by atoms with E-state index < -0.39 is 29.8 Å². The third kappa shape index (κ3) is 6.54. The van der Waals surface area contributed by atoms with Gasteiger partial charge in [0.2, 0.25) is 0 Å². The molecule has 0 bridgehead atoms. The number of carbonyl (C=O) groups excluding carboxylic acids is 1. The van der Waals surface area contributed by atoms with Gasteiger partial charge in [-0.2, -0.15) is 0 Å². The van der Waals surface area contributed by atoms with Gasteiger partial charge in [-0.3, -0.25) is 0 Å². The molecule has 1 aromatic carbocycles. The van der Waals surface area contributed by atoms with E-state index in [0.29, 0.717) is 19.5 Å². The van der Waals surface area contributed by atoms with Gasteiger partial charge < -0.3 is 24.8 Å². The number of carboxylic acid groups (broad SMARTS) is 1. The van der Waals surface area contributed by atoms with Crippen LogP contribution in [-0.2, 0) is 4.74 Å². The highest BCUT2D eigenvalue weighted by atomic mass is 19.4. The third-order valence-electron chi connectivity index (χ3n) is 3.65. The minimum atomic E-state index is -4.93. The van der Waals surface area contributed by atoms with E-state index in [1.54, 1.807) is 25.7 Å². The van der Waals surface area contributed by atoms with Crippen molar-refractivity contribution in [2.45, 2.75) is 45.2 Å². The number of anilines is 1. The minimum Gasteiger partial charge on any atom is -0.478 e. The van der Waals surface area contributed by atoms with Gasteiger partial charge >= 0.3 is 18.4 Å². The van der Waals surface area contributed by atoms with Crippen LogP contribution in [0.4, 0.5) is 23.7 Å². The molecule has 0 radical (unpaired) electrons. The van der Waals surface area contributed by atoms with Gasteiger partial charge in [0.25, 0.3) is 0 Å². The van der Waals surface area contributed by atoms with E-state index >= 15 is 0 Å². The Morgan fingerprint density at radius 2 is 1.89 bits per heavy atom. The first-order valence-electron chi connectivity index (χ1n) is 8.21. The molecule has 0 aliphatic carbocycles. The van der Waals surface area contributed by atoms with Crippen molar-refractivity contribution in [2.75, 3.05) is 18.0 Å². The molecule has 1 aliphatic rings. The van der Waals surface area contributed by atoms with Gasteiger partial charge in [0.05, 0.1) is 11.6 Å². The zero-order valence-electron chi connectivity index (χ0n) is 15.1.